The number of hydrogen-bond donors (Lipinski definition) is 0. The highest BCUT2D eigenvalue weighted by Crippen LogP contribution is 2.35. The highest BCUT2D eigenvalue weighted by Gasteiger charge is 2.34. The topological polar surface area (TPSA) is 0 Å². The summed E-state index contributed by atoms with van der Waals surface area (Å²) in [4.78, 5) is 0. The van der Waals surface area contributed by atoms with Gasteiger partial charge >= 0.3 is 6.18 Å². The van der Waals surface area contributed by atoms with Gasteiger partial charge in [-0.15, -0.1) is 6.58 Å². The van der Waals surface area contributed by atoms with Gasteiger partial charge < -0.3 is 0 Å². The lowest BCUT2D eigenvalue weighted by molar-refractivity contribution is -0.137. The summed E-state index contributed by atoms with van der Waals surface area (Å²) in [6, 6.07) is 2.51. The largest absolute Gasteiger partial charge is 0.416 e. The number of halogens is 5. The molecule has 1 rings (SSSR count). The molecule has 0 radical (unpaired) electrons. The summed E-state index contributed by atoms with van der Waals surface area (Å²) >= 11 is 0. The Balaban J connectivity index is 3.24. The first-order chi connectivity index (χ1) is 8.14. The molecule has 0 nitrogen and oxygen atoms in total. The quantitative estimate of drug-likeness (QED) is 0.534. The van der Waals surface area contributed by atoms with Crippen LogP contribution in [0.5, 0.6) is 0 Å². The van der Waals surface area contributed by atoms with Gasteiger partial charge in [-0.25, -0.2) is 8.78 Å². The molecule has 0 atom stereocenters. The number of hydrogen-bond acceptors (Lipinski definition) is 0. The molecule has 0 saturated carbocycles. The van der Waals surface area contributed by atoms with E-state index in [9.17, 15) is 22.0 Å². The third kappa shape index (κ3) is 3.82. The Morgan fingerprint density at radius 1 is 1.06 bits per heavy atom. The van der Waals surface area contributed by atoms with Crippen LogP contribution in [0.4, 0.5) is 22.0 Å². The maximum Gasteiger partial charge on any atom is 0.416 e. The van der Waals surface area contributed by atoms with Gasteiger partial charge in [0.2, 0.25) is 0 Å². The Kier molecular flexibility index (Phi) is 4.14. The summed E-state index contributed by atoms with van der Waals surface area (Å²) < 4.78 is 64.1. The number of rotatable bonds is 4. The monoisotopic (exact) mass is 264 g/mol. The molecular formula is C13H13F5. The standard InChI is InChI=1S/C13H13F5/c1-3-4-5-9-6-10(12(2,14)15)8-11(7-9)13(16,17)18/h3,6-8H,1,4-5H2,2H3. The Morgan fingerprint density at radius 3 is 2.06 bits per heavy atom. The van der Waals surface area contributed by atoms with Gasteiger partial charge in [0.1, 0.15) is 0 Å². The fourth-order valence-corrected chi connectivity index (χ4v) is 1.52. The molecule has 18 heavy (non-hydrogen) atoms. The second kappa shape index (κ2) is 5.08. The summed E-state index contributed by atoms with van der Waals surface area (Å²) in [6.45, 7) is 4.03. The van der Waals surface area contributed by atoms with Crippen molar-refractivity contribution in [3.8, 4) is 0 Å². The van der Waals surface area contributed by atoms with Crippen molar-refractivity contribution in [2.45, 2.75) is 31.9 Å². The molecule has 0 amide bonds. The minimum atomic E-state index is -4.62. The van der Waals surface area contributed by atoms with Crippen LogP contribution in [0, 0.1) is 0 Å². The van der Waals surface area contributed by atoms with E-state index in [0.29, 0.717) is 19.4 Å². The molecule has 0 aliphatic rings. The third-order valence-corrected chi connectivity index (χ3v) is 2.46. The minimum Gasteiger partial charge on any atom is -0.202 e. The molecule has 100 valence electrons. The SMILES string of the molecule is C=CCCc1cc(C(C)(F)F)cc(C(F)(F)F)c1. The van der Waals surface area contributed by atoms with Gasteiger partial charge in [0, 0.05) is 12.5 Å². The third-order valence-electron chi connectivity index (χ3n) is 2.46. The van der Waals surface area contributed by atoms with E-state index in [1.807, 2.05) is 0 Å². The minimum absolute atomic E-state index is 0.237. The first-order valence-electron chi connectivity index (χ1n) is 5.35. The highest BCUT2D eigenvalue weighted by molar-refractivity contribution is 5.34. The molecule has 0 N–H and O–H groups in total. The second-order valence-electron chi connectivity index (χ2n) is 4.13. The van der Waals surface area contributed by atoms with Crippen molar-refractivity contribution in [2.75, 3.05) is 0 Å². The molecule has 0 aromatic heterocycles. The Bertz CT molecular complexity index is 394. The van der Waals surface area contributed by atoms with E-state index < -0.39 is 23.2 Å². The molecule has 0 spiro atoms. The van der Waals surface area contributed by atoms with Crippen LogP contribution in [0.1, 0.15) is 30.0 Å². The van der Waals surface area contributed by atoms with E-state index in [1.54, 1.807) is 0 Å². The van der Waals surface area contributed by atoms with Crippen molar-refractivity contribution in [2.24, 2.45) is 0 Å². The van der Waals surface area contributed by atoms with Crippen LogP contribution in [0.3, 0.4) is 0 Å². The van der Waals surface area contributed by atoms with Crippen LogP contribution < -0.4 is 0 Å². The van der Waals surface area contributed by atoms with Crippen molar-refractivity contribution < 1.29 is 22.0 Å². The van der Waals surface area contributed by atoms with E-state index >= 15 is 0 Å². The van der Waals surface area contributed by atoms with E-state index in [2.05, 4.69) is 6.58 Å². The smallest absolute Gasteiger partial charge is 0.202 e. The van der Waals surface area contributed by atoms with Crippen molar-refractivity contribution in [1.29, 1.82) is 0 Å². The van der Waals surface area contributed by atoms with Crippen LogP contribution in [-0.2, 0) is 18.5 Å². The molecule has 0 aliphatic heterocycles. The van der Waals surface area contributed by atoms with Gasteiger partial charge in [-0.1, -0.05) is 6.08 Å². The lowest BCUT2D eigenvalue weighted by Gasteiger charge is -2.16. The number of alkyl halides is 5. The fourth-order valence-electron chi connectivity index (χ4n) is 1.52. The first-order valence-corrected chi connectivity index (χ1v) is 5.35. The van der Waals surface area contributed by atoms with Crippen molar-refractivity contribution in [3.63, 3.8) is 0 Å². The molecule has 1 aromatic rings. The molecule has 0 aliphatic carbocycles. The van der Waals surface area contributed by atoms with Crippen LogP contribution in [0.25, 0.3) is 0 Å². The molecule has 0 fully saturated rings. The lowest BCUT2D eigenvalue weighted by Crippen LogP contribution is -2.12. The number of aryl methyl sites for hydroxylation is 1. The average Bonchev–Trinajstić information content (AvgIpc) is 2.23. The van der Waals surface area contributed by atoms with Crippen LogP contribution in [0.2, 0.25) is 0 Å². The average molecular weight is 264 g/mol. The predicted molar refractivity (Wildman–Crippen MR) is 59.5 cm³/mol. The second-order valence-corrected chi connectivity index (χ2v) is 4.13. The van der Waals surface area contributed by atoms with Crippen LogP contribution >= 0.6 is 0 Å². The molecule has 0 heterocycles. The predicted octanol–water partition coefficient (Wildman–Crippen LogP) is 4.94. The van der Waals surface area contributed by atoms with Gasteiger partial charge in [-0.2, -0.15) is 13.2 Å². The molecule has 0 saturated heterocycles. The fraction of sp³-hybridized carbons (Fsp3) is 0.385. The van der Waals surface area contributed by atoms with Crippen molar-refractivity contribution >= 4 is 0 Å². The Hall–Kier alpha value is -1.39. The molecule has 0 unspecified atom stereocenters. The van der Waals surface area contributed by atoms with E-state index in [4.69, 9.17) is 0 Å². The van der Waals surface area contributed by atoms with Crippen molar-refractivity contribution in [3.05, 3.63) is 47.5 Å². The lowest BCUT2D eigenvalue weighted by atomic mass is 9.99. The first kappa shape index (κ1) is 14.7. The zero-order valence-corrected chi connectivity index (χ0v) is 9.82. The van der Waals surface area contributed by atoms with Gasteiger partial charge in [-0.05, 0) is 36.6 Å². The summed E-state index contributed by atoms with van der Waals surface area (Å²) in [5.41, 5.74) is -1.42. The zero-order chi connectivity index (χ0) is 14.0. The zero-order valence-electron chi connectivity index (χ0n) is 9.82. The summed E-state index contributed by atoms with van der Waals surface area (Å²) in [7, 11) is 0. The summed E-state index contributed by atoms with van der Waals surface area (Å²) in [5.74, 6) is -3.29. The van der Waals surface area contributed by atoms with Gasteiger partial charge in [-0.3, -0.25) is 0 Å². The van der Waals surface area contributed by atoms with E-state index in [0.717, 1.165) is 12.1 Å². The van der Waals surface area contributed by atoms with E-state index in [1.165, 1.54) is 6.08 Å². The van der Waals surface area contributed by atoms with Gasteiger partial charge in [0.05, 0.1) is 5.56 Å². The number of allylic oxidation sites excluding steroid dienone is 1. The summed E-state index contributed by atoms with van der Waals surface area (Å²) in [6.07, 6.45) is -2.39. The normalized spacial score (nSPS) is 12.6. The highest BCUT2D eigenvalue weighted by atomic mass is 19.4. The van der Waals surface area contributed by atoms with Gasteiger partial charge in [0.15, 0.2) is 0 Å². The number of benzene rings is 1. The maximum absolute atomic E-state index is 13.1. The Morgan fingerprint density at radius 2 is 1.61 bits per heavy atom. The van der Waals surface area contributed by atoms with E-state index in [-0.39, 0.29) is 12.0 Å². The molecular weight excluding hydrogens is 251 g/mol. The summed E-state index contributed by atoms with van der Waals surface area (Å²) in [5, 5.41) is 0. The van der Waals surface area contributed by atoms with Crippen LogP contribution in [0.15, 0.2) is 30.9 Å². The Labute approximate surface area is 102 Å². The van der Waals surface area contributed by atoms with Gasteiger partial charge in [0.25, 0.3) is 5.92 Å². The molecule has 5 heteroatoms. The van der Waals surface area contributed by atoms with Crippen molar-refractivity contribution in [1.82, 2.24) is 0 Å². The van der Waals surface area contributed by atoms with Crippen LogP contribution in [-0.4, -0.2) is 0 Å². The molecule has 1 aromatic carbocycles. The maximum atomic E-state index is 13.1. The molecule has 0 bridgehead atoms.